The minimum absolute atomic E-state index is 0.0385. The lowest BCUT2D eigenvalue weighted by Crippen LogP contribution is -2.30. The smallest absolute Gasteiger partial charge is 0.238 e. The first-order valence-corrected chi connectivity index (χ1v) is 6.23. The van der Waals surface area contributed by atoms with Crippen molar-refractivity contribution in [1.29, 1.82) is 0 Å². The number of carbonyl (C=O) groups excluding carboxylic acids is 1. The second-order valence-electron chi connectivity index (χ2n) is 4.49. The largest absolute Gasteiger partial charge is 0.383 e. The fraction of sp³-hybridized carbons (Fsp3) is 0.500. The molecule has 1 aromatic rings. The van der Waals surface area contributed by atoms with E-state index in [-0.39, 0.29) is 5.91 Å². The Hall–Kier alpha value is -1.39. The van der Waals surface area contributed by atoms with Crippen LogP contribution in [0, 0.1) is 0 Å². The Labute approximate surface area is 109 Å². The van der Waals surface area contributed by atoms with Gasteiger partial charge in [0.25, 0.3) is 0 Å². The molecule has 0 heterocycles. The van der Waals surface area contributed by atoms with Gasteiger partial charge in [-0.25, -0.2) is 0 Å². The third kappa shape index (κ3) is 5.29. The van der Waals surface area contributed by atoms with Crippen molar-refractivity contribution < 1.29 is 9.53 Å². The molecule has 4 nitrogen and oxygen atoms in total. The summed E-state index contributed by atoms with van der Waals surface area (Å²) in [6.07, 6.45) is 0. The third-order valence-electron chi connectivity index (χ3n) is 2.63. The number of ether oxygens (including phenoxy) is 1. The summed E-state index contributed by atoms with van der Waals surface area (Å²) in [5.41, 5.74) is 2.10. The van der Waals surface area contributed by atoms with Crippen LogP contribution in [0.3, 0.4) is 0 Å². The van der Waals surface area contributed by atoms with Crippen molar-refractivity contribution in [1.82, 2.24) is 5.32 Å². The van der Waals surface area contributed by atoms with Gasteiger partial charge in [0.1, 0.15) is 0 Å². The Morgan fingerprint density at radius 1 is 1.28 bits per heavy atom. The highest BCUT2D eigenvalue weighted by Crippen LogP contribution is 2.16. The number of nitrogens with one attached hydrogen (secondary N) is 2. The fourth-order valence-electron chi connectivity index (χ4n) is 1.53. The van der Waals surface area contributed by atoms with Crippen molar-refractivity contribution >= 4 is 11.6 Å². The topological polar surface area (TPSA) is 50.4 Å². The van der Waals surface area contributed by atoms with E-state index in [9.17, 15) is 4.79 Å². The number of carbonyl (C=O) groups is 1. The summed E-state index contributed by atoms with van der Waals surface area (Å²) in [4.78, 5) is 11.6. The van der Waals surface area contributed by atoms with Crippen LogP contribution in [0.25, 0.3) is 0 Å². The molecule has 0 saturated heterocycles. The molecule has 0 aliphatic heterocycles. The van der Waals surface area contributed by atoms with Crippen LogP contribution in [0.15, 0.2) is 24.3 Å². The third-order valence-corrected chi connectivity index (χ3v) is 2.63. The quantitative estimate of drug-likeness (QED) is 0.728. The van der Waals surface area contributed by atoms with Gasteiger partial charge in [0.15, 0.2) is 0 Å². The minimum Gasteiger partial charge on any atom is -0.383 e. The van der Waals surface area contributed by atoms with Crippen LogP contribution in [0.4, 0.5) is 5.69 Å². The Morgan fingerprint density at radius 3 is 2.50 bits per heavy atom. The molecule has 0 aromatic heterocycles. The second kappa shape index (κ2) is 7.84. The molecule has 2 N–H and O–H groups in total. The van der Waals surface area contributed by atoms with E-state index in [4.69, 9.17) is 4.74 Å². The lowest BCUT2D eigenvalue weighted by atomic mass is 10.0. The van der Waals surface area contributed by atoms with E-state index in [1.807, 2.05) is 24.3 Å². The molecule has 0 fully saturated rings. The van der Waals surface area contributed by atoms with Crippen molar-refractivity contribution in [2.45, 2.75) is 19.8 Å². The van der Waals surface area contributed by atoms with E-state index in [0.717, 1.165) is 5.69 Å². The van der Waals surface area contributed by atoms with Crippen LogP contribution in [0.5, 0.6) is 0 Å². The maximum Gasteiger partial charge on any atom is 0.238 e. The molecule has 1 aromatic carbocycles. The van der Waals surface area contributed by atoms with Crippen LogP contribution in [0.2, 0.25) is 0 Å². The predicted octanol–water partition coefficient (Wildman–Crippen LogP) is 1.98. The zero-order valence-corrected chi connectivity index (χ0v) is 11.3. The molecule has 0 aliphatic carbocycles. The van der Waals surface area contributed by atoms with Gasteiger partial charge in [-0.1, -0.05) is 26.0 Å². The van der Waals surface area contributed by atoms with Gasteiger partial charge in [-0.05, 0) is 23.6 Å². The van der Waals surface area contributed by atoms with Crippen LogP contribution in [-0.2, 0) is 9.53 Å². The fourth-order valence-corrected chi connectivity index (χ4v) is 1.53. The molecule has 0 atom stereocenters. The Kier molecular flexibility index (Phi) is 6.39. The zero-order chi connectivity index (χ0) is 13.4. The predicted molar refractivity (Wildman–Crippen MR) is 73.9 cm³/mol. The average Bonchev–Trinajstić information content (AvgIpc) is 2.35. The van der Waals surface area contributed by atoms with Crippen LogP contribution < -0.4 is 10.6 Å². The number of rotatable bonds is 7. The molecular formula is C14H22N2O2. The Bertz CT molecular complexity index is 361. The van der Waals surface area contributed by atoms with Crippen LogP contribution >= 0.6 is 0 Å². The highest BCUT2D eigenvalue weighted by molar-refractivity contribution is 5.92. The number of methoxy groups -OCH3 is 1. The van der Waals surface area contributed by atoms with Crippen molar-refractivity contribution in [2.24, 2.45) is 0 Å². The molecule has 4 heteroatoms. The van der Waals surface area contributed by atoms with Gasteiger partial charge in [-0.15, -0.1) is 0 Å². The molecular weight excluding hydrogens is 228 g/mol. The van der Waals surface area contributed by atoms with Crippen LogP contribution in [-0.4, -0.2) is 32.7 Å². The van der Waals surface area contributed by atoms with E-state index >= 15 is 0 Å². The molecule has 0 saturated carbocycles. The maximum absolute atomic E-state index is 11.6. The van der Waals surface area contributed by atoms with Crippen molar-refractivity contribution in [3.63, 3.8) is 0 Å². The highest BCUT2D eigenvalue weighted by Gasteiger charge is 2.02. The maximum atomic E-state index is 11.6. The normalized spacial score (nSPS) is 10.7. The van der Waals surface area contributed by atoms with Crippen LogP contribution in [0.1, 0.15) is 25.3 Å². The standard InChI is InChI=1S/C14H22N2O2/c1-11(2)12-4-6-13(7-5-12)16-14(17)10-15-8-9-18-3/h4-7,11,15H,8-10H2,1-3H3,(H,16,17). The summed E-state index contributed by atoms with van der Waals surface area (Å²) >= 11 is 0. The van der Waals surface area contributed by atoms with E-state index in [1.165, 1.54) is 5.56 Å². The number of amides is 1. The minimum atomic E-state index is -0.0385. The first-order chi connectivity index (χ1) is 8.63. The molecule has 0 spiro atoms. The number of hydrogen-bond acceptors (Lipinski definition) is 3. The lowest BCUT2D eigenvalue weighted by molar-refractivity contribution is -0.115. The Morgan fingerprint density at radius 2 is 1.94 bits per heavy atom. The van der Waals surface area contributed by atoms with Gasteiger partial charge in [-0.3, -0.25) is 4.79 Å². The van der Waals surface area contributed by atoms with Gasteiger partial charge in [0, 0.05) is 19.3 Å². The molecule has 0 bridgehead atoms. The van der Waals surface area contributed by atoms with E-state index in [0.29, 0.717) is 25.6 Å². The lowest BCUT2D eigenvalue weighted by Gasteiger charge is -2.09. The summed E-state index contributed by atoms with van der Waals surface area (Å²) in [5, 5.41) is 5.84. The number of hydrogen-bond donors (Lipinski definition) is 2. The molecule has 1 rings (SSSR count). The van der Waals surface area contributed by atoms with Gasteiger partial charge in [0.05, 0.1) is 13.2 Å². The summed E-state index contributed by atoms with van der Waals surface area (Å²) in [6.45, 7) is 5.88. The SMILES string of the molecule is COCCNCC(=O)Nc1ccc(C(C)C)cc1. The van der Waals surface area contributed by atoms with E-state index in [2.05, 4.69) is 24.5 Å². The van der Waals surface area contributed by atoms with Gasteiger partial charge >= 0.3 is 0 Å². The highest BCUT2D eigenvalue weighted by atomic mass is 16.5. The van der Waals surface area contributed by atoms with Crippen molar-refractivity contribution in [3.8, 4) is 0 Å². The average molecular weight is 250 g/mol. The van der Waals surface area contributed by atoms with Crippen molar-refractivity contribution in [3.05, 3.63) is 29.8 Å². The molecule has 0 radical (unpaired) electrons. The molecule has 1 amide bonds. The van der Waals surface area contributed by atoms with Gasteiger partial charge in [0.2, 0.25) is 5.91 Å². The summed E-state index contributed by atoms with van der Waals surface area (Å²) in [6, 6.07) is 7.95. The monoisotopic (exact) mass is 250 g/mol. The molecule has 18 heavy (non-hydrogen) atoms. The molecule has 100 valence electrons. The molecule has 0 unspecified atom stereocenters. The van der Waals surface area contributed by atoms with E-state index < -0.39 is 0 Å². The number of anilines is 1. The van der Waals surface area contributed by atoms with Gasteiger partial charge in [-0.2, -0.15) is 0 Å². The van der Waals surface area contributed by atoms with Crippen molar-refractivity contribution in [2.75, 3.05) is 32.1 Å². The Balaban J connectivity index is 2.35. The summed E-state index contributed by atoms with van der Waals surface area (Å²) in [5.74, 6) is 0.467. The first kappa shape index (κ1) is 14.7. The second-order valence-corrected chi connectivity index (χ2v) is 4.49. The number of benzene rings is 1. The first-order valence-electron chi connectivity index (χ1n) is 6.23. The van der Waals surface area contributed by atoms with E-state index in [1.54, 1.807) is 7.11 Å². The molecule has 0 aliphatic rings. The summed E-state index contributed by atoms with van der Waals surface area (Å²) in [7, 11) is 1.64. The van der Waals surface area contributed by atoms with Gasteiger partial charge < -0.3 is 15.4 Å². The summed E-state index contributed by atoms with van der Waals surface area (Å²) < 4.78 is 4.88. The zero-order valence-electron chi connectivity index (χ0n) is 11.3.